The second-order valence-electron chi connectivity index (χ2n) is 3.27. The van der Waals surface area contributed by atoms with Crippen LogP contribution in [0, 0.1) is 0 Å². The van der Waals surface area contributed by atoms with E-state index in [2.05, 4.69) is 50.8 Å². The van der Waals surface area contributed by atoms with E-state index in [9.17, 15) is 0 Å². The van der Waals surface area contributed by atoms with E-state index < -0.39 is 11.4 Å². The molecule has 144 valence electrons. The molecule has 27 heavy (non-hydrogen) atoms. The van der Waals surface area contributed by atoms with Gasteiger partial charge in [0.25, 0.3) is 0 Å². The van der Waals surface area contributed by atoms with Crippen LogP contribution in [0.2, 0.25) is 0 Å². The fraction of sp³-hybridized carbons (Fsp3) is 0.333. The molecule has 0 atom stereocenters. The van der Waals surface area contributed by atoms with Crippen LogP contribution in [0.25, 0.3) is 0 Å². The first kappa shape index (κ1) is 48.0. The average molecular weight is 681 g/mol. The zero-order valence-corrected chi connectivity index (χ0v) is 30.9. The van der Waals surface area contributed by atoms with Crippen LogP contribution in [0.15, 0.2) is 50.6 Å². The molecule has 0 saturated carbocycles. The zero-order chi connectivity index (χ0) is 17.5. The van der Waals surface area contributed by atoms with Gasteiger partial charge in [0.2, 0.25) is 11.4 Å². The third kappa shape index (κ3) is 40.3. The smallest absolute Gasteiger partial charge is 2.00 e. The zero-order valence-electron chi connectivity index (χ0n) is 15.1. The van der Waals surface area contributed by atoms with Gasteiger partial charge in [-0.3, -0.25) is 0 Å². The molecule has 0 amide bonds. The molecular formula is C12H22O4P2S6Zn3+2. The van der Waals surface area contributed by atoms with Crippen LogP contribution >= 0.6 is 35.9 Å². The van der Waals surface area contributed by atoms with Gasteiger partial charge < -0.3 is 45.1 Å². The number of thiol groups is 2. The SMILES string of the molecule is C=CCOP(=S)(S)OCC=C.C=CCOP(=S)(S)OCC=C.[S-2].[S-2].[Zn+2].[Zn+2].[Zn+2]. The van der Waals surface area contributed by atoms with Gasteiger partial charge in [-0.1, -0.05) is 48.8 Å². The summed E-state index contributed by atoms with van der Waals surface area (Å²) in [6.45, 7) is 15.4. The second kappa shape index (κ2) is 31.6. The summed E-state index contributed by atoms with van der Waals surface area (Å²) in [6.07, 6.45) is 6.42. The quantitative estimate of drug-likeness (QED) is 0.130. The van der Waals surface area contributed by atoms with Crippen molar-refractivity contribution in [2.24, 2.45) is 0 Å². The van der Waals surface area contributed by atoms with Gasteiger partial charge in [0.05, 0.1) is 26.4 Å². The summed E-state index contributed by atoms with van der Waals surface area (Å²) in [5, 5.41) is 0. The van der Waals surface area contributed by atoms with Crippen molar-refractivity contribution < 1.29 is 76.5 Å². The second-order valence-corrected chi connectivity index (χ2v) is 13.8. The first-order chi connectivity index (χ1) is 10.2. The predicted octanol–water partition coefficient (Wildman–Crippen LogP) is 5.08. The van der Waals surface area contributed by atoms with E-state index in [0.717, 1.165) is 0 Å². The van der Waals surface area contributed by atoms with Gasteiger partial charge in [-0.05, 0) is 23.6 Å². The molecule has 0 aliphatic rings. The number of hydrogen-bond donors (Lipinski definition) is 2. The Bertz CT molecular complexity index is 389. The van der Waals surface area contributed by atoms with Gasteiger partial charge in [-0.25, -0.2) is 0 Å². The molecule has 0 aromatic rings. The first-order valence-corrected chi connectivity index (χ1v) is 13.5. The Morgan fingerprint density at radius 1 is 0.593 bits per heavy atom. The fourth-order valence-corrected chi connectivity index (χ4v) is 3.52. The first-order valence-electron chi connectivity index (χ1n) is 5.92. The average Bonchev–Trinajstić information content (AvgIpc) is 2.48. The van der Waals surface area contributed by atoms with Crippen molar-refractivity contribution in [2.75, 3.05) is 26.4 Å². The van der Waals surface area contributed by atoms with E-state index in [1.807, 2.05) is 0 Å². The minimum absolute atomic E-state index is 0. The summed E-state index contributed by atoms with van der Waals surface area (Å²) in [6, 6.07) is 0. The van der Waals surface area contributed by atoms with Crippen LogP contribution in [0.3, 0.4) is 0 Å². The number of hydrogen-bond acceptors (Lipinski definition) is 6. The van der Waals surface area contributed by atoms with Gasteiger partial charge in [-0.15, -0.1) is 26.3 Å². The van der Waals surface area contributed by atoms with Gasteiger partial charge in [0.1, 0.15) is 0 Å². The van der Waals surface area contributed by atoms with Crippen LogP contribution in [0.4, 0.5) is 0 Å². The van der Waals surface area contributed by atoms with E-state index in [1.54, 1.807) is 24.3 Å². The van der Waals surface area contributed by atoms with E-state index >= 15 is 0 Å². The Morgan fingerprint density at radius 3 is 0.852 bits per heavy atom. The van der Waals surface area contributed by atoms with Crippen LogP contribution in [0.5, 0.6) is 0 Å². The Morgan fingerprint density at radius 2 is 0.741 bits per heavy atom. The topological polar surface area (TPSA) is 36.9 Å². The van der Waals surface area contributed by atoms with E-state index in [-0.39, 0.29) is 85.4 Å². The van der Waals surface area contributed by atoms with Crippen LogP contribution in [-0.4, -0.2) is 26.4 Å². The molecule has 0 unspecified atom stereocenters. The summed E-state index contributed by atoms with van der Waals surface area (Å²) in [5.41, 5.74) is -4.68. The molecule has 0 aromatic carbocycles. The van der Waals surface area contributed by atoms with Crippen molar-refractivity contribution in [3.8, 4) is 0 Å². The van der Waals surface area contributed by atoms with Crippen LogP contribution in [0.1, 0.15) is 0 Å². The minimum atomic E-state index is -2.34. The molecule has 0 aliphatic heterocycles. The largest absolute Gasteiger partial charge is 2.00 e. The molecule has 0 heterocycles. The van der Waals surface area contributed by atoms with E-state index in [4.69, 9.17) is 41.7 Å². The summed E-state index contributed by atoms with van der Waals surface area (Å²) >= 11 is 17.9. The third-order valence-electron chi connectivity index (χ3n) is 1.42. The number of rotatable bonds is 12. The molecule has 0 saturated heterocycles. The molecule has 0 spiro atoms. The molecule has 0 aromatic heterocycles. The van der Waals surface area contributed by atoms with Gasteiger partial charge in [0.15, 0.2) is 0 Å². The van der Waals surface area contributed by atoms with Crippen molar-refractivity contribution in [2.45, 2.75) is 0 Å². The van der Waals surface area contributed by atoms with Gasteiger partial charge in [-0.2, -0.15) is 0 Å². The maximum Gasteiger partial charge on any atom is 2.00 e. The Labute approximate surface area is 237 Å². The Hall–Kier alpha value is 3.37. The minimum Gasteiger partial charge on any atom is -2.00 e. The monoisotopic (exact) mass is 676 g/mol. The van der Waals surface area contributed by atoms with Crippen LogP contribution in [-0.2, 0) is 127 Å². The van der Waals surface area contributed by atoms with Crippen molar-refractivity contribution >= 4 is 86.5 Å². The van der Waals surface area contributed by atoms with Crippen molar-refractivity contribution in [1.29, 1.82) is 0 Å². The van der Waals surface area contributed by atoms with Crippen molar-refractivity contribution in [3.05, 3.63) is 50.6 Å². The van der Waals surface area contributed by atoms with E-state index in [1.165, 1.54) is 0 Å². The van der Waals surface area contributed by atoms with Crippen LogP contribution < -0.4 is 0 Å². The predicted molar refractivity (Wildman–Crippen MR) is 126 cm³/mol. The molecule has 0 N–H and O–H groups in total. The standard InChI is InChI=1S/2C6H11O2PS2.2S.3Zn/c2*1-3-5-7-9(10,11)8-6-4-2;;;;;/h2*3-4H,1-2,5-6H2,(H,10,11);;;;;/q;;2*-2;3*+2. The normalized spacial score (nSPS) is 8.96. The van der Waals surface area contributed by atoms with Gasteiger partial charge in [0, 0.05) is 0 Å². The molecule has 0 rings (SSSR count). The fourth-order valence-electron chi connectivity index (χ4n) is 0.662. The summed E-state index contributed by atoms with van der Waals surface area (Å²) < 4.78 is 20.3. The summed E-state index contributed by atoms with van der Waals surface area (Å²) in [5.74, 6) is 0. The van der Waals surface area contributed by atoms with E-state index in [0.29, 0.717) is 26.4 Å². The Kier molecular flexibility index (Phi) is 56.1. The molecule has 0 aliphatic carbocycles. The third-order valence-corrected chi connectivity index (χ3v) is 5.97. The molecule has 15 heteroatoms. The van der Waals surface area contributed by atoms with Crippen molar-refractivity contribution in [1.82, 2.24) is 0 Å². The maximum absolute atomic E-state index is 5.08. The molecule has 0 fully saturated rings. The van der Waals surface area contributed by atoms with Crippen molar-refractivity contribution in [3.63, 3.8) is 0 Å². The summed E-state index contributed by atoms with van der Waals surface area (Å²) in [4.78, 5) is 0. The molecular weight excluding hydrogens is 659 g/mol. The molecule has 4 nitrogen and oxygen atoms in total. The maximum atomic E-state index is 5.08. The molecule has 0 bridgehead atoms. The summed E-state index contributed by atoms with van der Waals surface area (Å²) in [7, 11) is 0. The van der Waals surface area contributed by atoms with Gasteiger partial charge >= 0.3 is 58.4 Å². The Balaban J connectivity index is -0.0000000500. The molecule has 0 radical (unpaired) electrons.